The van der Waals surface area contributed by atoms with Gasteiger partial charge in [-0.2, -0.15) is 0 Å². The maximum atomic E-state index is 5.45. The van der Waals surface area contributed by atoms with E-state index in [1.54, 1.807) is 0 Å². The van der Waals surface area contributed by atoms with Crippen LogP contribution >= 0.6 is 0 Å². The van der Waals surface area contributed by atoms with E-state index in [9.17, 15) is 0 Å². The van der Waals surface area contributed by atoms with E-state index in [1.807, 2.05) is 6.92 Å². The predicted octanol–water partition coefficient (Wildman–Crippen LogP) is 3.32. The van der Waals surface area contributed by atoms with Gasteiger partial charge in [0.15, 0.2) is 0 Å². The van der Waals surface area contributed by atoms with Gasteiger partial charge in [0.2, 0.25) is 0 Å². The second-order valence-electron chi connectivity index (χ2n) is 5.06. The monoisotopic (exact) mass is 233 g/mol. The normalized spacial score (nSPS) is 21.4. The molecule has 1 fully saturated rings. The zero-order chi connectivity index (χ0) is 12.1. The minimum absolute atomic E-state index is 0.739. The third kappa shape index (κ3) is 3.74. The van der Waals surface area contributed by atoms with Crippen LogP contribution in [0.5, 0.6) is 5.75 Å². The first kappa shape index (κ1) is 12.4. The number of nitrogens with zero attached hydrogens (tertiary/aromatic N) is 1. The van der Waals surface area contributed by atoms with Gasteiger partial charge in [-0.1, -0.05) is 19.1 Å². The minimum Gasteiger partial charge on any atom is -0.494 e. The molecule has 1 aromatic rings. The number of hydrogen-bond acceptors (Lipinski definition) is 2. The molecule has 0 radical (unpaired) electrons. The van der Waals surface area contributed by atoms with Crippen molar-refractivity contribution in [3.8, 4) is 5.75 Å². The zero-order valence-corrected chi connectivity index (χ0v) is 11.0. The first-order valence-corrected chi connectivity index (χ1v) is 6.72. The molecule has 0 aromatic heterocycles. The van der Waals surface area contributed by atoms with Crippen LogP contribution in [-0.4, -0.2) is 24.6 Å². The van der Waals surface area contributed by atoms with Crippen molar-refractivity contribution in [1.29, 1.82) is 0 Å². The number of rotatable bonds is 4. The molecule has 0 aliphatic carbocycles. The first-order valence-electron chi connectivity index (χ1n) is 6.72. The summed E-state index contributed by atoms with van der Waals surface area (Å²) in [5, 5.41) is 0. The molecular formula is C15H23NO. The Balaban J connectivity index is 1.89. The average Bonchev–Trinajstić information content (AvgIpc) is 2.32. The minimum atomic E-state index is 0.739. The molecule has 0 N–H and O–H groups in total. The Morgan fingerprint density at radius 1 is 1.29 bits per heavy atom. The van der Waals surface area contributed by atoms with E-state index in [0.717, 1.165) is 24.8 Å². The molecule has 0 saturated carbocycles. The van der Waals surface area contributed by atoms with Crippen molar-refractivity contribution >= 4 is 0 Å². The van der Waals surface area contributed by atoms with E-state index in [1.165, 1.54) is 31.5 Å². The molecule has 2 heteroatoms. The Labute approximate surface area is 105 Å². The van der Waals surface area contributed by atoms with Gasteiger partial charge in [-0.15, -0.1) is 0 Å². The largest absolute Gasteiger partial charge is 0.494 e. The maximum Gasteiger partial charge on any atom is 0.119 e. The van der Waals surface area contributed by atoms with Crippen LogP contribution in [0, 0.1) is 5.92 Å². The van der Waals surface area contributed by atoms with Crippen molar-refractivity contribution in [2.45, 2.75) is 33.2 Å². The Morgan fingerprint density at radius 2 is 2.06 bits per heavy atom. The molecule has 0 amide bonds. The molecule has 1 aliphatic heterocycles. The summed E-state index contributed by atoms with van der Waals surface area (Å²) in [6.45, 7) is 8.68. The second-order valence-corrected chi connectivity index (χ2v) is 5.06. The van der Waals surface area contributed by atoms with E-state index >= 15 is 0 Å². The highest BCUT2D eigenvalue weighted by Crippen LogP contribution is 2.19. The molecule has 2 rings (SSSR count). The van der Waals surface area contributed by atoms with Gasteiger partial charge < -0.3 is 4.74 Å². The van der Waals surface area contributed by atoms with E-state index in [0.29, 0.717) is 0 Å². The fraction of sp³-hybridized carbons (Fsp3) is 0.600. The third-order valence-electron chi connectivity index (χ3n) is 3.38. The molecule has 1 aliphatic rings. The fourth-order valence-corrected chi connectivity index (χ4v) is 2.55. The van der Waals surface area contributed by atoms with Crippen LogP contribution < -0.4 is 4.74 Å². The van der Waals surface area contributed by atoms with Gasteiger partial charge in [0.25, 0.3) is 0 Å². The van der Waals surface area contributed by atoms with Crippen molar-refractivity contribution in [3.63, 3.8) is 0 Å². The smallest absolute Gasteiger partial charge is 0.119 e. The summed E-state index contributed by atoms with van der Waals surface area (Å²) in [4.78, 5) is 2.56. The van der Waals surface area contributed by atoms with Crippen molar-refractivity contribution < 1.29 is 4.74 Å². The molecular weight excluding hydrogens is 210 g/mol. The van der Waals surface area contributed by atoms with Crippen LogP contribution in [0.3, 0.4) is 0 Å². The Kier molecular flexibility index (Phi) is 4.43. The second kappa shape index (κ2) is 6.06. The highest BCUT2D eigenvalue weighted by Gasteiger charge is 2.15. The number of hydrogen-bond donors (Lipinski definition) is 0. The quantitative estimate of drug-likeness (QED) is 0.791. The summed E-state index contributed by atoms with van der Waals surface area (Å²) in [5.74, 6) is 1.83. The lowest BCUT2D eigenvalue weighted by Gasteiger charge is -2.30. The summed E-state index contributed by atoms with van der Waals surface area (Å²) in [6.07, 6.45) is 2.73. The third-order valence-corrected chi connectivity index (χ3v) is 3.38. The molecule has 0 bridgehead atoms. The van der Waals surface area contributed by atoms with Gasteiger partial charge in [-0.3, -0.25) is 4.90 Å². The van der Waals surface area contributed by atoms with E-state index < -0.39 is 0 Å². The summed E-state index contributed by atoms with van der Waals surface area (Å²) in [7, 11) is 0. The van der Waals surface area contributed by atoms with Gasteiger partial charge in [-0.05, 0) is 49.9 Å². The van der Waals surface area contributed by atoms with Crippen LogP contribution in [-0.2, 0) is 6.54 Å². The standard InChI is InChI=1S/C15H23NO/c1-3-17-15-8-6-14(7-9-15)12-16-10-4-5-13(2)11-16/h6-9,13H,3-5,10-12H2,1-2H3. The van der Waals surface area contributed by atoms with Crippen molar-refractivity contribution in [2.75, 3.05) is 19.7 Å². The highest BCUT2D eigenvalue weighted by molar-refractivity contribution is 5.27. The summed E-state index contributed by atoms with van der Waals surface area (Å²) in [6, 6.07) is 8.52. The molecule has 1 atom stereocenters. The maximum absolute atomic E-state index is 5.45. The molecule has 94 valence electrons. The summed E-state index contributed by atoms with van der Waals surface area (Å²) < 4.78 is 5.45. The average molecular weight is 233 g/mol. The van der Waals surface area contributed by atoms with Gasteiger partial charge in [-0.25, -0.2) is 0 Å². The van der Waals surface area contributed by atoms with Gasteiger partial charge in [0, 0.05) is 13.1 Å². The molecule has 1 heterocycles. The van der Waals surface area contributed by atoms with Crippen molar-refractivity contribution in [1.82, 2.24) is 4.90 Å². The predicted molar refractivity (Wildman–Crippen MR) is 71.3 cm³/mol. The van der Waals surface area contributed by atoms with Crippen LogP contribution in [0.1, 0.15) is 32.3 Å². The van der Waals surface area contributed by atoms with Gasteiger partial charge in [0.1, 0.15) is 5.75 Å². The Hall–Kier alpha value is -1.02. The van der Waals surface area contributed by atoms with Gasteiger partial charge in [0.05, 0.1) is 6.61 Å². The van der Waals surface area contributed by atoms with E-state index in [4.69, 9.17) is 4.74 Å². The molecule has 1 aromatic carbocycles. The molecule has 2 nitrogen and oxygen atoms in total. The zero-order valence-electron chi connectivity index (χ0n) is 11.0. The summed E-state index contributed by atoms with van der Waals surface area (Å²) >= 11 is 0. The first-order chi connectivity index (χ1) is 8.28. The van der Waals surface area contributed by atoms with Crippen molar-refractivity contribution in [3.05, 3.63) is 29.8 Å². The number of likely N-dealkylation sites (tertiary alicyclic amines) is 1. The Morgan fingerprint density at radius 3 is 2.71 bits per heavy atom. The molecule has 1 unspecified atom stereocenters. The number of ether oxygens (including phenoxy) is 1. The van der Waals surface area contributed by atoms with Gasteiger partial charge >= 0.3 is 0 Å². The Bertz CT molecular complexity index is 333. The topological polar surface area (TPSA) is 12.5 Å². The molecule has 1 saturated heterocycles. The van der Waals surface area contributed by atoms with E-state index in [-0.39, 0.29) is 0 Å². The number of benzene rings is 1. The SMILES string of the molecule is CCOc1ccc(CN2CCCC(C)C2)cc1. The molecule has 17 heavy (non-hydrogen) atoms. The van der Waals surface area contributed by atoms with Crippen LogP contribution in [0.2, 0.25) is 0 Å². The molecule has 0 spiro atoms. The fourth-order valence-electron chi connectivity index (χ4n) is 2.55. The lowest BCUT2D eigenvalue weighted by molar-refractivity contribution is 0.176. The highest BCUT2D eigenvalue weighted by atomic mass is 16.5. The van der Waals surface area contributed by atoms with Crippen molar-refractivity contribution in [2.24, 2.45) is 5.92 Å². The lowest BCUT2D eigenvalue weighted by Crippen LogP contribution is -2.33. The summed E-state index contributed by atoms with van der Waals surface area (Å²) in [5.41, 5.74) is 1.39. The van der Waals surface area contributed by atoms with E-state index in [2.05, 4.69) is 36.1 Å². The number of piperidine rings is 1. The van der Waals surface area contributed by atoms with Crippen LogP contribution in [0.4, 0.5) is 0 Å². The van der Waals surface area contributed by atoms with Crippen LogP contribution in [0.25, 0.3) is 0 Å². The van der Waals surface area contributed by atoms with Crippen LogP contribution in [0.15, 0.2) is 24.3 Å². The lowest BCUT2D eigenvalue weighted by atomic mass is 10.00.